The molecule has 1 aromatic carbocycles. The van der Waals surface area contributed by atoms with E-state index in [1.165, 1.54) is 0 Å². The number of imidazole rings is 1. The maximum absolute atomic E-state index is 9.59. The minimum Gasteiger partial charge on any atom is -0.396 e. The van der Waals surface area contributed by atoms with Crippen LogP contribution in [0.1, 0.15) is 24.6 Å². The van der Waals surface area contributed by atoms with E-state index in [2.05, 4.69) is 4.98 Å². The highest BCUT2D eigenvalue weighted by Crippen LogP contribution is 2.42. The van der Waals surface area contributed by atoms with Gasteiger partial charge in [-0.15, -0.1) is 12.4 Å². The van der Waals surface area contributed by atoms with Gasteiger partial charge in [0.15, 0.2) is 0 Å². The fraction of sp³-hybridized carbons (Fsp3) is 0.357. The van der Waals surface area contributed by atoms with Crippen LogP contribution in [0.3, 0.4) is 0 Å². The van der Waals surface area contributed by atoms with Crippen LogP contribution in [0.25, 0.3) is 5.69 Å². The molecule has 2 aromatic rings. The van der Waals surface area contributed by atoms with Crippen molar-refractivity contribution in [3.05, 3.63) is 46.5 Å². The third kappa shape index (κ3) is 2.96. The number of benzene rings is 1. The van der Waals surface area contributed by atoms with Gasteiger partial charge in [0.25, 0.3) is 0 Å². The topological polar surface area (TPSA) is 38.1 Å². The lowest BCUT2D eigenvalue weighted by Crippen LogP contribution is -2.13. The molecule has 6 heteroatoms. The monoisotopic (exact) mass is 332 g/mol. The van der Waals surface area contributed by atoms with Gasteiger partial charge in [-0.25, -0.2) is 4.98 Å². The molecule has 1 heterocycles. The lowest BCUT2D eigenvalue weighted by molar-refractivity contribution is 0.247. The van der Waals surface area contributed by atoms with Crippen molar-refractivity contribution in [3.63, 3.8) is 0 Å². The molecule has 0 saturated heterocycles. The zero-order valence-electron chi connectivity index (χ0n) is 10.7. The van der Waals surface area contributed by atoms with Gasteiger partial charge in [0.05, 0.1) is 17.3 Å². The molecule has 1 aliphatic rings. The van der Waals surface area contributed by atoms with E-state index in [9.17, 15) is 5.11 Å². The number of aliphatic hydroxyl groups excluding tert-OH is 1. The van der Waals surface area contributed by atoms with Gasteiger partial charge in [-0.3, -0.25) is 0 Å². The SMILES string of the molecule is Cl.OCC(c1nccn1-c1ccc(Cl)cc1Cl)C1CC1. The molecular formula is C14H15Cl3N2O. The predicted molar refractivity (Wildman–Crippen MR) is 83.4 cm³/mol. The summed E-state index contributed by atoms with van der Waals surface area (Å²) in [5.41, 5.74) is 0.845. The summed E-state index contributed by atoms with van der Waals surface area (Å²) < 4.78 is 1.94. The normalized spacial score (nSPS) is 15.8. The fourth-order valence-electron chi connectivity index (χ4n) is 2.41. The summed E-state index contributed by atoms with van der Waals surface area (Å²) >= 11 is 12.2. The van der Waals surface area contributed by atoms with E-state index in [0.29, 0.717) is 16.0 Å². The number of hydrogen-bond acceptors (Lipinski definition) is 2. The van der Waals surface area contributed by atoms with E-state index in [1.54, 1.807) is 18.3 Å². The quantitative estimate of drug-likeness (QED) is 0.915. The van der Waals surface area contributed by atoms with Crippen LogP contribution in [0.5, 0.6) is 0 Å². The van der Waals surface area contributed by atoms with Crippen LogP contribution in [0.15, 0.2) is 30.6 Å². The molecule has 1 aromatic heterocycles. The van der Waals surface area contributed by atoms with Crippen molar-refractivity contribution in [2.75, 3.05) is 6.61 Å². The summed E-state index contributed by atoms with van der Waals surface area (Å²) in [4.78, 5) is 4.40. The van der Waals surface area contributed by atoms with Gasteiger partial charge in [-0.05, 0) is 37.0 Å². The van der Waals surface area contributed by atoms with Gasteiger partial charge >= 0.3 is 0 Å². The molecular weight excluding hydrogens is 319 g/mol. The third-order valence-corrected chi connectivity index (χ3v) is 4.10. The molecule has 108 valence electrons. The Kier molecular flexibility index (Phi) is 4.97. The molecule has 1 N–H and O–H groups in total. The largest absolute Gasteiger partial charge is 0.396 e. The zero-order chi connectivity index (χ0) is 13.4. The molecule has 1 unspecified atom stereocenters. The highest BCUT2D eigenvalue weighted by Gasteiger charge is 2.34. The summed E-state index contributed by atoms with van der Waals surface area (Å²) in [5, 5.41) is 10.8. The van der Waals surface area contributed by atoms with Gasteiger partial charge in [0.1, 0.15) is 5.82 Å². The van der Waals surface area contributed by atoms with E-state index >= 15 is 0 Å². The Morgan fingerprint density at radius 2 is 2.10 bits per heavy atom. The van der Waals surface area contributed by atoms with Crippen molar-refractivity contribution in [2.45, 2.75) is 18.8 Å². The molecule has 1 fully saturated rings. The van der Waals surface area contributed by atoms with Crippen LogP contribution in [0.4, 0.5) is 0 Å². The van der Waals surface area contributed by atoms with Gasteiger partial charge in [0.2, 0.25) is 0 Å². The first-order chi connectivity index (χ1) is 9.20. The van der Waals surface area contributed by atoms with E-state index in [1.807, 2.05) is 16.8 Å². The summed E-state index contributed by atoms with van der Waals surface area (Å²) in [6.45, 7) is 0.118. The van der Waals surface area contributed by atoms with Crippen LogP contribution in [0.2, 0.25) is 10.0 Å². The Balaban J connectivity index is 0.00000147. The van der Waals surface area contributed by atoms with Crippen molar-refractivity contribution >= 4 is 35.6 Å². The van der Waals surface area contributed by atoms with Gasteiger partial charge in [-0.2, -0.15) is 0 Å². The summed E-state index contributed by atoms with van der Waals surface area (Å²) in [6, 6.07) is 5.39. The molecule has 1 saturated carbocycles. The Morgan fingerprint density at radius 1 is 1.35 bits per heavy atom. The molecule has 0 amide bonds. The Morgan fingerprint density at radius 3 is 2.70 bits per heavy atom. The van der Waals surface area contributed by atoms with E-state index in [0.717, 1.165) is 24.4 Å². The number of hydrogen-bond donors (Lipinski definition) is 1. The molecule has 3 rings (SSSR count). The van der Waals surface area contributed by atoms with Gasteiger partial charge in [0, 0.05) is 23.3 Å². The van der Waals surface area contributed by atoms with Crippen molar-refractivity contribution in [1.82, 2.24) is 9.55 Å². The first-order valence-electron chi connectivity index (χ1n) is 6.30. The maximum atomic E-state index is 9.59. The Bertz CT molecular complexity index is 596. The van der Waals surface area contributed by atoms with Crippen LogP contribution in [0, 0.1) is 5.92 Å². The molecule has 3 nitrogen and oxygen atoms in total. The molecule has 0 radical (unpaired) electrons. The Labute approximate surface area is 134 Å². The lowest BCUT2D eigenvalue weighted by atomic mass is 10.0. The second kappa shape index (κ2) is 6.35. The number of rotatable bonds is 4. The Hall–Kier alpha value is -0.740. The maximum Gasteiger partial charge on any atom is 0.118 e. The second-order valence-corrected chi connectivity index (χ2v) is 5.72. The van der Waals surface area contributed by atoms with Gasteiger partial charge in [-0.1, -0.05) is 23.2 Å². The number of halogens is 3. The van der Waals surface area contributed by atoms with Crippen LogP contribution >= 0.6 is 35.6 Å². The second-order valence-electron chi connectivity index (χ2n) is 4.88. The van der Waals surface area contributed by atoms with Gasteiger partial charge < -0.3 is 9.67 Å². The van der Waals surface area contributed by atoms with E-state index < -0.39 is 0 Å². The molecule has 0 spiro atoms. The third-order valence-electron chi connectivity index (χ3n) is 3.56. The average Bonchev–Trinajstić information content (AvgIpc) is 3.10. The number of nitrogens with zero attached hydrogens (tertiary/aromatic N) is 2. The number of aromatic nitrogens is 2. The van der Waals surface area contributed by atoms with E-state index in [-0.39, 0.29) is 24.9 Å². The average molecular weight is 334 g/mol. The minimum absolute atomic E-state index is 0. The highest BCUT2D eigenvalue weighted by atomic mass is 35.5. The predicted octanol–water partition coefficient (Wildman–Crippen LogP) is 4.09. The highest BCUT2D eigenvalue weighted by molar-refractivity contribution is 6.35. The van der Waals surface area contributed by atoms with Crippen molar-refractivity contribution < 1.29 is 5.11 Å². The smallest absolute Gasteiger partial charge is 0.118 e. The summed E-state index contributed by atoms with van der Waals surface area (Å²) in [7, 11) is 0. The fourth-order valence-corrected chi connectivity index (χ4v) is 2.91. The first kappa shape index (κ1) is 15.6. The first-order valence-corrected chi connectivity index (χ1v) is 7.06. The van der Waals surface area contributed by atoms with Crippen LogP contribution in [-0.4, -0.2) is 21.3 Å². The standard InChI is InChI=1S/C14H14Cl2N2O.ClH/c15-10-3-4-13(12(16)7-10)18-6-5-17-14(18)11(8-19)9-1-2-9;/h3-7,9,11,19H,1-2,8H2;1H. The van der Waals surface area contributed by atoms with Crippen molar-refractivity contribution in [2.24, 2.45) is 5.92 Å². The van der Waals surface area contributed by atoms with E-state index in [4.69, 9.17) is 23.2 Å². The van der Waals surface area contributed by atoms with Crippen LogP contribution in [-0.2, 0) is 0 Å². The number of aliphatic hydroxyl groups is 1. The summed E-state index contributed by atoms with van der Waals surface area (Å²) in [5.74, 6) is 1.49. The summed E-state index contributed by atoms with van der Waals surface area (Å²) in [6.07, 6.45) is 5.93. The minimum atomic E-state index is 0. The molecule has 20 heavy (non-hydrogen) atoms. The molecule has 1 aliphatic carbocycles. The zero-order valence-corrected chi connectivity index (χ0v) is 13.0. The molecule has 1 atom stereocenters. The molecule has 0 aliphatic heterocycles. The van der Waals surface area contributed by atoms with Crippen molar-refractivity contribution in [3.8, 4) is 5.69 Å². The van der Waals surface area contributed by atoms with Crippen LogP contribution < -0.4 is 0 Å². The van der Waals surface area contributed by atoms with Crippen molar-refractivity contribution in [1.29, 1.82) is 0 Å². The lowest BCUT2D eigenvalue weighted by Gasteiger charge is -2.16. The molecule has 0 bridgehead atoms.